The first-order valence-corrected chi connectivity index (χ1v) is 9.46. The van der Waals surface area contributed by atoms with Crippen molar-refractivity contribution >= 4 is 29.9 Å². The van der Waals surface area contributed by atoms with Crippen LogP contribution >= 0.6 is 24.0 Å². The van der Waals surface area contributed by atoms with Gasteiger partial charge in [-0.05, 0) is 32.4 Å². The van der Waals surface area contributed by atoms with Gasteiger partial charge in [-0.2, -0.15) is 0 Å². The zero-order valence-electron chi connectivity index (χ0n) is 17.0. The summed E-state index contributed by atoms with van der Waals surface area (Å²) in [5.74, 6) is 1.70. The second-order valence-electron chi connectivity index (χ2n) is 7.01. The van der Waals surface area contributed by atoms with Gasteiger partial charge in [-0.15, -0.1) is 24.0 Å². The van der Waals surface area contributed by atoms with E-state index >= 15 is 0 Å². The van der Waals surface area contributed by atoms with E-state index in [1.807, 2.05) is 6.92 Å². The van der Waals surface area contributed by atoms with Crippen LogP contribution < -0.4 is 15.4 Å². The molecule has 0 saturated carbocycles. The van der Waals surface area contributed by atoms with Gasteiger partial charge in [0.25, 0.3) is 0 Å². The van der Waals surface area contributed by atoms with Crippen LogP contribution in [0.25, 0.3) is 0 Å². The van der Waals surface area contributed by atoms with E-state index in [1.54, 1.807) is 0 Å². The molecule has 1 saturated heterocycles. The highest BCUT2D eigenvalue weighted by Gasteiger charge is 2.33. The Morgan fingerprint density at radius 2 is 2.00 bits per heavy atom. The van der Waals surface area contributed by atoms with Crippen molar-refractivity contribution in [1.82, 2.24) is 10.6 Å². The Bertz CT molecular complexity index is 592. The average Bonchev–Trinajstić information content (AvgIpc) is 2.60. The van der Waals surface area contributed by atoms with E-state index in [-0.39, 0.29) is 29.4 Å². The number of hydrogen-bond acceptors (Lipinski definition) is 4. The third-order valence-electron chi connectivity index (χ3n) is 4.25. The van der Waals surface area contributed by atoms with Gasteiger partial charge in [0.2, 0.25) is 0 Å². The molecule has 1 aliphatic rings. The molecule has 0 atom stereocenters. The lowest BCUT2D eigenvalue weighted by Crippen LogP contribution is -2.51. The highest BCUT2D eigenvalue weighted by atomic mass is 127. The molecular weight excluding hydrogens is 457 g/mol. The fourth-order valence-electron chi connectivity index (χ4n) is 2.64. The van der Waals surface area contributed by atoms with Gasteiger partial charge in [-0.1, -0.05) is 19.1 Å². The van der Waals surface area contributed by atoms with Gasteiger partial charge in [0.15, 0.2) is 5.96 Å². The van der Waals surface area contributed by atoms with Crippen molar-refractivity contribution in [2.24, 2.45) is 10.4 Å². The Kier molecular flexibility index (Phi) is 11.0. The molecule has 1 heterocycles. The lowest BCUT2D eigenvalue weighted by Gasteiger charge is -2.38. The van der Waals surface area contributed by atoms with Crippen molar-refractivity contribution < 1.29 is 14.2 Å². The first-order chi connectivity index (χ1) is 12.6. The number of aliphatic imine (C=N–C) groups is 1. The molecule has 2 rings (SSSR count). The first kappa shape index (κ1) is 24.0. The van der Waals surface area contributed by atoms with E-state index in [0.29, 0.717) is 26.4 Å². The molecule has 2 N–H and O–H groups in total. The molecule has 0 aromatic heterocycles. The predicted octanol–water partition coefficient (Wildman–Crippen LogP) is 3.12. The summed E-state index contributed by atoms with van der Waals surface area (Å²) in [5, 5.41) is 6.72. The smallest absolute Gasteiger partial charge is 0.191 e. The van der Waals surface area contributed by atoms with E-state index in [2.05, 4.69) is 49.6 Å². The molecule has 7 heteroatoms. The molecule has 0 radical (unpaired) electrons. The molecule has 27 heavy (non-hydrogen) atoms. The number of guanidine groups is 1. The number of nitrogens with one attached hydrogen (secondary N) is 2. The summed E-state index contributed by atoms with van der Waals surface area (Å²) < 4.78 is 16.6. The van der Waals surface area contributed by atoms with E-state index in [1.165, 1.54) is 5.56 Å². The summed E-state index contributed by atoms with van der Waals surface area (Å²) in [5.41, 5.74) is 2.45. The highest BCUT2D eigenvalue weighted by Crippen LogP contribution is 2.25. The molecule has 0 aliphatic carbocycles. The van der Waals surface area contributed by atoms with Crippen LogP contribution in [0.2, 0.25) is 0 Å². The summed E-state index contributed by atoms with van der Waals surface area (Å²) in [6.45, 7) is 14.0. The Hall–Kier alpha value is -1.06. The summed E-state index contributed by atoms with van der Waals surface area (Å²) in [6.07, 6.45) is 0. The van der Waals surface area contributed by atoms with Crippen LogP contribution in [0.15, 0.2) is 23.2 Å². The minimum absolute atomic E-state index is 0. The lowest BCUT2D eigenvalue weighted by atomic mass is 9.89. The monoisotopic (exact) mass is 491 g/mol. The summed E-state index contributed by atoms with van der Waals surface area (Å²) >= 11 is 0. The minimum Gasteiger partial charge on any atom is -0.491 e. The maximum atomic E-state index is 5.90. The fraction of sp³-hybridized carbons (Fsp3) is 0.650. The van der Waals surface area contributed by atoms with E-state index in [0.717, 1.165) is 43.6 Å². The Morgan fingerprint density at radius 1 is 1.22 bits per heavy atom. The normalized spacial score (nSPS) is 15.5. The van der Waals surface area contributed by atoms with Crippen LogP contribution in [-0.4, -0.2) is 52.1 Å². The van der Waals surface area contributed by atoms with E-state index in [9.17, 15) is 0 Å². The van der Waals surface area contributed by atoms with Crippen molar-refractivity contribution in [3.63, 3.8) is 0 Å². The van der Waals surface area contributed by atoms with Gasteiger partial charge in [0.05, 0.1) is 26.4 Å². The zero-order chi connectivity index (χ0) is 18.8. The standard InChI is InChI=1S/C20H33N3O3.HI/c1-5-21-19(23-13-20(4)14-25-15-20)22-12-17-8-7-16(3)11-18(17)26-10-9-24-6-2;/h7-8,11H,5-6,9-10,12-15H2,1-4H3,(H2,21,22,23);1H. The largest absolute Gasteiger partial charge is 0.491 e. The first-order valence-electron chi connectivity index (χ1n) is 9.46. The molecular formula is C20H34IN3O3. The van der Waals surface area contributed by atoms with Gasteiger partial charge >= 0.3 is 0 Å². The molecule has 1 aromatic rings. The minimum atomic E-state index is 0. The van der Waals surface area contributed by atoms with Crippen LogP contribution in [0.4, 0.5) is 0 Å². The topological polar surface area (TPSA) is 64.1 Å². The summed E-state index contributed by atoms with van der Waals surface area (Å²) in [7, 11) is 0. The molecule has 0 bridgehead atoms. The average molecular weight is 491 g/mol. The van der Waals surface area contributed by atoms with Crippen LogP contribution in [0.1, 0.15) is 31.9 Å². The number of aryl methyl sites for hydroxylation is 1. The Labute approximate surface area is 180 Å². The van der Waals surface area contributed by atoms with Gasteiger partial charge in [-0.3, -0.25) is 0 Å². The van der Waals surface area contributed by atoms with E-state index < -0.39 is 0 Å². The van der Waals surface area contributed by atoms with Crippen molar-refractivity contribution in [3.05, 3.63) is 29.3 Å². The van der Waals surface area contributed by atoms with Gasteiger partial charge in [0, 0.05) is 30.7 Å². The number of rotatable bonds is 10. The van der Waals surface area contributed by atoms with E-state index in [4.69, 9.17) is 19.2 Å². The third kappa shape index (κ3) is 8.23. The van der Waals surface area contributed by atoms with Crippen LogP contribution in [-0.2, 0) is 16.0 Å². The van der Waals surface area contributed by atoms with Crippen LogP contribution in [0.3, 0.4) is 0 Å². The van der Waals surface area contributed by atoms with Crippen molar-refractivity contribution in [3.8, 4) is 5.75 Å². The molecule has 0 amide bonds. The Balaban J connectivity index is 0.00000364. The van der Waals surface area contributed by atoms with Gasteiger partial charge in [-0.25, -0.2) is 4.99 Å². The molecule has 1 aliphatic heterocycles. The molecule has 0 spiro atoms. The van der Waals surface area contributed by atoms with Gasteiger partial charge in [0.1, 0.15) is 12.4 Å². The Morgan fingerprint density at radius 3 is 2.63 bits per heavy atom. The van der Waals surface area contributed by atoms with Crippen LogP contribution in [0.5, 0.6) is 5.75 Å². The van der Waals surface area contributed by atoms with Crippen molar-refractivity contribution in [1.29, 1.82) is 0 Å². The number of halogens is 1. The maximum Gasteiger partial charge on any atom is 0.191 e. The van der Waals surface area contributed by atoms with Crippen molar-refractivity contribution in [2.45, 2.75) is 34.2 Å². The number of benzene rings is 1. The molecule has 6 nitrogen and oxygen atoms in total. The fourth-order valence-corrected chi connectivity index (χ4v) is 2.64. The number of nitrogens with zero attached hydrogens (tertiary/aromatic N) is 1. The summed E-state index contributed by atoms with van der Waals surface area (Å²) in [6, 6.07) is 6.23. The highest BCUT2D eigenvalue weighted by molar-refractivity contribution is 14.0. The quantitative estimate of drug-likeness (QED) is 0.228. The second kappa shape index (κ2) is 12.4. The molecule has 154 valence electrons. The SMILES string of the molecule is CCNC(=NCc1ccc(C)cc1OCCOCC)NCC1(C)COC1.I. The number of hydrogen-bond donors (Lipinski definition) is 2. The number of ether oxygens (including phenoxy) is 3. The second-order valence-corrected chi connectivity index (χ2v) is 7.01. The predicted molar refractivity (Wildman–Crippen MR) is 120 cm³/mol. The third-order valence-corrected chi connectivity index (χ3v) is 4.25. The lowest BCUT2D eigenvalue weighted by molar-refractivity contribution is -0.0971. The maximum absolute atomic E-state index is 5.90. The zero-order valence-corrected chi connectivity index (χ0v) is 19.3. The molecule has 0 unspecified atom stereocenters. The van der Waals surface area contributed by atoms with Crippen molar-refractivity contribution in [2.75, 3.05) is 46.1 Å². The summed E-state index contributed by atoms with van der Waals surface area (Å²) in [4.78, 5) is 4.72. The molecule has 1 aromatic carbocycles. The molecule has 1 fully saturated rings. The van der Waals surface area contributed by atoms with Gasteiger partial charge < -0.3 is 24.8 Å². The van der Waals surface area contributed by atoms with Crippen LogP contribution in [0, 0.1) is 12.3 Å².